The van der Waals surface area contributed by atoms with Gasteiger partial charge in [-0.2, -0.15) is 0 Å². The van der Waals surface area contributed by atoms with Crippen molar-refractivity contribution in [3.8, 4) is 5.75 Å². The van der Waals surface area contributed by atoms with Gasteiger partial charge in [-0.15, -0.1) is 12.4 Å². The highest BCUT2D eigenvalue weighted by Crippen LogP contribution is 2.20. The predicted octanol–water partition coefficient (Wildman–Crippen LogP) is 2.94. The molecular formula is C16H27ClN2O. The van der Waals surface area contributed by atoms with Gasteiger partial charge in [-0.05, 0) is 57.9 Å². The monoisotopic (exact) mass is 298 g/mol. The number of para-hydroxylation sites is 1. The molecule has 2 rings (SSSR count). The number of halogens is 1. The first-order chi connectivity index (χ1) is 9.29. The second kappa shape index (κ2) is 9.22. The highest BCUT2D eigenvalue weighted by atomic mass is 35.5. The van der Waals surface area contributed by atoms with Gasteiger partial charge in [-0.25, -0.2) is 0 Å². The Balaban J connectivity index is 0.00000200. The minimum Gasteiger partial charge on any atom is -0.496 e. The summed E-state index contributed by atoms with van der Waals surface area (Å²) in [5, 5.41) is 3.43. The van der Waals surface area contributed by atoms with Crippen LogP contribution < -0.4 is 10.1 Å². The van der Waals surface area contributed by atoms with Crippen molar-refractivity contribution in [3.05, 3.63) is 29.8 Å². The summed E-state index contributed by atoms with van der Waals surface area (Å²) >= 11 is 0. The van der Waals surface area contributed by atoms with Crippen molar-refractivity contribution in [1.82, 2.24) is 10.2 Å². The number of methoxy groups -OCH3 is 1. The predicted molar refractivity (Wildman–Crippen MR) is 86.8 cm³/mol. The molecule has 0 bridgehead atoms. The standard InChI is InChI=1S/C16H26N2O.ClH/c1-18(12-9-14-7-10-17-11-8-14)13-15-5-3-4-6-16(15)19-2;/h3-6,14,17H,7-13H2,1-2H3;1H. The van der Waals surface area contributed by atoms with Crippen LogP contribution in [-0.4, -0.2) is 38.7 Å². The number of nitrogens with zero attached hydrogens (tertiary/aromatic N) is 1. The first-order valence-electron chi connectivity index (χ1n) is 7.30. The number of piperidine rings is 1. The zero-order valence-corrected chi connectivity index (χ0v) is 13.4. The molecule has 1 heterocycles. The lowest BCUT2D eigenvalue weighted by molar-refractivity contribution is 0.263. The molecule has 0 unspecified atom stereocenters. The number of rotatable bonds is 6. The Kier molecular flexibility index (Phi) is 7.97. The van der Waals surface area contributed by atoms with Gasteiger partial charge in [-0.3, -0.25) is 0 Å². The van der Waals surface area contributed by atoms with E-state index in [1.807, 2.05) is 12.1 Å². The van der Waals surface area contributed by atoms with Crippen LogP contribution in [0.4, 0.5) is 0 Å². The Morgan fingerprint density at radius 3 is 2.65 bits per heavy atom. The van der Waals surface area contributed by atoms with Gasteiger partial charge in [-0.1, -0.05) is 18.2 Å². The highest BCUT2D eigenvalue weighted by Gasteiger charge is 2.14. The SMILES string of the molecule is COc1ccccc1CN(C)CCC1CCNCC1.Cl. The van der Waals surface area contributed by atoms with Crippen molar-refractivity contribution in [3.63, 3.8) is 0 Å². The molecule has 0 aromatic heterocycles. The van der Waals surface area contributed by atoms with Crippen LogP contribution in [0.3, 0.4) is 0 Å². The molecule has 4 heteroatoms. The van der Waals surface area contributed by atoms with Gasteiger partial charge >= 0.3 is 0 Å². The van der Waals surface area contributed by atoms with Gasteiger partial charge in [0, 0.05) is 12.1 Å². The molecule has 1 fully saturated rings. The number of ether oxygens (including phenoxy) is 1. The molecule has 114 valence electrons. The van der Waals surface area contributed by atoms with Crippen molar-refractivity contribution < 1.29 is 4.74 Å². The molecule has 1 aliphatic heterocycles. The van der Waals surface area contributed by atoms with Crippen molar-refractivity contribution in [1.29, 1.82) is 0 Å². The fraction of sp³-hybridized carbons (Fsp3) is 0.625. The topological polar surface area (TPSA) is 24.5 Å². The minimum absolute atomic E-state index is 0. The third-order valence-corrected chi connectivity index (χ3v) is 4.01. The van der Waals surface area contributed by atoms with Gasteiger partial charge in [0.1, 0.15) is 5.75 Å². The largest absolute Gasteiger partial charge is 0.496 e. The van der Waals surface area contributed by atoms with Crippen LogP contribution >= 0.6 is 12.4 Å². The molecule has 0 spiro atoms. The van der Waals surface area contributed by atoms with Gasteiger partial charge in [0.2, 0.25) is 0 Å². The summed E-state index contributed by atoms with van der Waals surface area (Å²) in [6, 6.07) is 8.30. The summed E-state index contributed by atoms with van der Waals surface area (Å²) in [7, 11) is 3.95. The molecule has 20 heavy (non-hydrogen) atoms. The highest BCUT2D eigenvalue weighted by molar-refractivity contribution is 5.85. The number of hydrogen-bond acceptors (Lipinski definition) is 3. The second-order valence-corrected chi connectivity index (χ2v) is 5.53. The van der Waals surface area contributed by atoms with E-state index >= 15 is 0 Å². The summed E-state index contributed by atoms with van der Waals surface area (Å²) in [4.78, 5) is 2.40. The molecule has 0 atom stereocenters. The van der Waals surface area contributed by atoms with E-state index in [9.17, 15) is 0 Å². The van der Waals surface area contributed by atoms with E-state index in [2.05, 4.69) is 29.4 Å². The number of benzene rings is 1. The normalized spacial score (nSPS) is 15.9. The third-order valence-electron chi connectivity index (χ3n) is 4.01. The molecule has 1 aromatic carbocycles. The summed E-state index contributed by atoms with van der Waals surface area (Å²) < 4.78 is 5.41. The van der Waals surface area contributed by atoms with E-state index in [4.69, 9.17) is 4.74 Å². The fourth-order valence-corrected chi connectivity index (χ4v) is 2.78. The smallest absolute Gasteiger partial charge is 0.123 e. The van der Waals surface area contributed by atoms with E-state index < -0.39 is 0 Å². The molecule has 0 amide bonds. The quantitative estimate of drug-likeness (QED) is 0.874. The summed E-state index contributed by atoms with van der Waals surface area (Å²) in [6.07, 6.45) is 3.98. The average molecular weight is 299 g/mol. The molecule has 1 saturated heterocycles. The zero-order valence-electron chi connectivity index (χ0n) is 12.6. The van der Waals surface area contributed by atoms with Crippen molar-refractivity contribution in [2.45, 2.75) is 25.8 Å². The first-order valence-corrected chi connectivity index (χ1v) is 7.30. The maximum absolute atomic E-state index is 5.41. The van der Waals surface area contributed by atoms with Crippen LogP contribution in [0, 0.1) is 5.92 Å². The van der Waals surface area contributed by atoms with E-state index in [-0.39, 0.29) is 12.4 Å². The van der Waals surface area contributed by atoms with Gasteiger partial charge in [0.05, 0.1) is 7.11 Å². The van der Waals surface area contributed by atoms with Crippen molar-refractivity contribution >= 4 is 12.4 Å². The fourth-order valence-electron chi connectivity index (χ4n) is 2.78. The lowest BCUT2D eigenvalue weighted by atomic mass is 9.94. The van der Waals surface area contributed by atoms with Crippen LogP contribution in [0.15, 0.2) is 24.3 Å². The zero-order chi connectivity index (χ0) is 13.5. The Bertz CT molecular complexity index is 380. The van der Waals surface area contributed by atoms with Gasteiger partial charge in [0.25, 0.3) is 0 Å². The van der Waals surface area contributed by atoms with Crippen molar-refractivity contribution in [2.24, 2.45) is 5.92 Å². The van der Waals surface area contributed by atoms with Gasteiger partial charge < -0.3 is 15.0 Å². The van der Waals surface area contributed by atoms with Crippen LogP contribution in [0.1, 0.15) is 24.8 Å². The van der Waals surface area contributed by atoms with Crippen LogP contribution in [-0.2, 0) is 6.54 Å². The Morgan fingerprint density at radius 2 is 1.95 bits per heavy atom. The molecule has 1 aromatic rings. The third kappa shape index (κ3) is 5.31. The van der Waals surface area contributed by atoms with E-state index in [1.165, 1.54) is 44.5 Å². The van der Waals surface area contributed by atoms with Gasteiger partial charge in [0.15, 0.2) is 0 Å². The van der Waals surface area contributed by atoms with Crippen LogP contribution in [0.5, 0.6) is 5.75 Å². The lowest BCUT2D eigenvalue weighted by Gasteiger charge is -2.25. The van der Waals surface area contributed by atoms with Crippen LogP contribution in [0.2, 0.25) is 0 Å². The van der Waals surface area contributed by atoms with E-state index in [0.29, 0.717) is 0 Å². The number of nitrogens with one attached hydrogen (secondary N) is 1. The number of hydrogen-bond donors (Lipinski definition) is 1. The molecule has 0 aliphatic carbocycles. The van der Waals surface area contributed by atoms with Crippen molar-refractivity contribution in [2.75, 3.05) is 33.8 Å². The minimum atomic E-state index is 0. The molecule has 1 aliphatic rings. The molecule has 3 nitrogen and oxygen atoms in total. The van der Waals surface area contributed by atoms with E-state index in [1.54, 1.807) is 7.11 Å². The first kappa shape index (κ1) is 17.3. The van der Waals surface area contributed by atoms with Crippen LogP contribution in [0.25, 0.3) is 0 Å². The maximum atomic E-state index is 5.41. The summed E-state index contributed by atoms with van der Waals surface area (Å²) in [6.45, 7) is 4.53. The Labute approximate surface area is 129 Å². The molecule has 0 radical (unpaired) electrons. The Hall–Kier alpha value is -0.770. The summed E-state index contributed by atoms with van der Waals surface area (Å²) in [5.74, 6) is 1.90. The molecular weight excluding hydrogens is 272 g/mol. The maximum Gasteiger partial charge on any atom is 0.123 e. The molecule has 1 N–H and O–H groups in total. The second-order valence-electron chi connectivity index (χ2n) is 5.53. The lowest BCUT2D eigenvalue weighted by Crippen LogP contribution is -2.30. The average Bonchev–Trinajstić information content (AvgIpc) is 2.47. The molecule has 0 saturated carbocycles. The summed E-state index contributed by atoms with van der Waals surface area (Å²) in [5.41, 5.74) is 1.28. The Morgan fingerprint density at radius 1 is 1.25 bits per heavy atom. The van der Waals surface area contributed by atoms with E-state index in [0.717, 1.165) is 18.2 Å².